The van der Waals surface area contributed by atoms with Gasteiger partial charge in [0.25, 0.3) is 0 Å². The van der Waals surface area contributed by atoms with Crippen molar-refractivity contribution in [1.82, 2.24) is 10.3 Å². The molecule has 0 aliphatic heterocycles. The van der Waals surface area contributed by atoms with Crippen LogP contribution in [0.25, 0.3) is 0 Å². The molecule has 2 N–H and O–H groups in total. The second-order valence-corrected chi connectivity index (χ2v) is 5.35. The van der Waals surface area contributed by atoms with Crippen LogP contribution in [-0.4, -0.2) is 16.6 Å². The van der Waals surface area contributed by atoms with Crippen LogP contribution < -0.4 is 5.32 Å². The third kappa shape index (κ3) is 2.99. The van der Waals surface area contributed by atoms with Crippen LogP contribution in [0, 0.1) is 0 Å². The number of phenols is 1. The Morgan fingerprint density at radius 2 is 2.20 bits per heavy atom. The van der Waals surface area contributed by atoms with E-state index in [9.17, 15) is 5.11 Å². The molecule has 1 aliphatic rings. The summed E-state index contributed by atoms with van der Waals surface area (Å²) >= 11 is 0. The van der Waals surface area contributed by atoms with Crippen LogP contribution in [0.15, 0.2) is 42.6 Å². The van der Waals surface area contributed by atoms with E-state index >= 15 is 0 Å². The zero-order chi connectivity index (χ0) is 13.8. The SMILES string of the molecule is Oc1ccc2c(c1)CCCC2NCCc1ccccn1. The van der Waals surface area contributed by atoms with Gasteiger partial charge in [0.05, 0.1) is 0 Å². The maximum Gasteiger partial charge on any atom is 0.115 e. The lowest BCUT2D eigenvalue weighted by atomic mass is 9.87. The minimum absolute atomic E-state index is 0.373. The van der Waals surface area contributed by atoms with E-state index in [4.69, 9.17) is 0 Å². The fourth-order valence-corrected chi connectivity index (χ4v) is 2.93. The first-order valence-corrected chi connectivity index (χ1v) is 7.28. The monoisotopic (exact) mass is 268 g/mol. The Morgan fingerprint density at radius 3 is 3.05 bits per heavy atom. The number of aryl methyl sites for hydroxylation is 1. The largest absolute Gasteiger partial charge is 0.508 e. The predicted molar refractivity (Wildman–Crippen MR) is 79.7 cm³/mol. The molecule has 3 rings (SSSR count). The molecule has 0 radical (unpaired) electrons. The first kappa shape index (κ1) is 13.1. The predicted octanol–water partition coefficient (Wildman–Crippen LogP) is 3.00. The number of nitrogens with zero attached hydrogens (tertiary/aromatic N) is 1. The smallest absolute Gasteiger partial charge is 0.115 e. The summed E-state index contributed by atoms with van der Waals surface area (Å²) in [6.07, 6.45) is 6.21. The third-order valence-corrected chi connectivity index (χ3v) is 3.94. The average Bonchev–Trinajstić information content (AvgIpc) is 2.48. The van der Waals surface area contributed by atoms with E-state index in [0.29, 0.717) is 11.8 Å². The molecule has 1 heterocycles. The zero-order valence-corrected chi connectivity index (χ0v) is 11.5. The van der Waals surface area contributed by atoms with Crippen molar-refractivity contribution < 1.29 is 5.11 Å². The third-order valence-electron chi connectivity index (χ3n) is 3.94. The average molecular weight is 268 g/mol. The fraction of sp³-hybridized carbons (Fsp3) is 0.353. The van der Waals surface area contributed by atoms with Gasteiger partial charge in [-0.25, -0.2) is 0 Å². The first-order chi connectivity index (χ1) is 9.83. The Kier molecular flexibility index (Phi) is 3.97. The lowest BCUT2D eigenvalue weighted by molar-refractivity contribution is 0.451. The van der Waals surface area contributed by atoms with Gasteiger partial charge in [-0.05, 0) is 54.7 Å². The second kappa shape index (κ2) is 6.06. The summed E-state index contributed by atoms with van der Waals surface area (Å²) in [6, 6.07) is 12.2. The molecule has 0 saturated carbocycles. The normalized spacial score (nSPS) is 17.7. The van der Waals surface area contributed by atoms with Gasteiger partial charge in [0, 0.05) is 30.9 Å². The molecule has 0 saturated heterocycles. The summed E-state index contributed by atoms with van der Waals surface area (Å²) in [4.78, 5) is 4.34. The molecular weight excluding hydrogens is 248 g/mol. The van der Waals surface area contributed by atoms with Crippen LogP contribution in [0.5, 0.6) is 5.75 Å². The van der Waals surface area contributed by atoms with E-state index in [-0.39, 0.29) is 0 Å². The van der Waals surface area contributed by atoms with Gasteiger partial charge in [-0.1, -0.05) is 12.1 Å². The number of fused-ring (bicyclic) bond motifs is 1. The van der Waals surface area contributed by atoms with Gasteiger partial charge in [0.1, 0.15) is 5.75 Å². The van der Waals surface area contributed by atoms with Gasteiger partial charge in [-0.2, -0.15) is 0 Å². The standard InChI is InChI=1S/C17H20N2O/c20-15-7-8-16-13(12-15)4-3-6-17(16)19-11-9-14-5-1-2-10-18-14/h1-2,5,7-8,10,12,17,19-20H,3-4,6,9,11H2. The van der Waals surface area contributed by atoms with Gasteiger partial charge in [0.15, 0.2) is 0 Å². The summed E-state index contributed by atoms with van der Waals surface area (Å²) in [6.45, 7) is 0.933. The number of rotatable bonds is 4. The number of hydrogen-bond acceptors (Lipinski definition) is 3. The maximum atomic E-state index is 9.57. The molecule has 1 aliphatic carbocycles. The number of hydrogen-bond donors (Lipinski definition) is 2. The highest BCUT2D eigenvalue weighted by molar-refractivity contribution is 5.38. The van der Waals surface area contributed by atoms with E-state index in [2.05, 4.69) is 22.4 Å². The first-order valence-electron chi connectivity index (χ1n) is 7.28. The Labute approximate surface area is 119 Å². The number of aromatic hydroxyl groups is 1. The molecule has 0 bridgehead atoms. The van der Waals surface area contributed by atoms with Crippen molar-refractivity contribution in [2.75, 3.05) is 6.54 Å². The van der Waals surface area contributed by atoms with Crippen LogP contribution >= 0.6 is 0 Å². The van der Waals surface area contributed by atoms with Crippen molar-refractivity contribution in [2.45, 2.75) is 31.7 Å². The van der Waals surface area contributed by atoms with Crippen LogP contribution in [0.4, 0.5) is 0 Å². The van der Waals surface area contributed by atoms with Crippen molar-refractivity contribution in [3.63, 3.8) is 0 Å². The minimum Gasteiger partial charge on any atom is -0.508 e. The fourth-order valence-electron chi connectivity index (χ4n) is 2.93. The van der Waals surface area contributed by atoms with E-state index in [1.54, 1.807) is 6.07 Å². The molecule has 0 amide bonds. The van der Waals surface area contributed by atoms with Crippen LogP contribution in [-0.2, 0) is 12.8 Å². The number of phenolic OH excluding ortho intramolecular Hbond substituents is 1. The highest BCUT2D eigenvalue weighted by Crippen LogP contribution is 2.31. The van der Waals surface area contributed by atoms with E-state index in [1.165, 1.54) is 24.0 Å². The van der Waals surface area contributed by atoms with Gasteiger partial charge in [-0.15, -0.1) is 0 Å². The van der Waals surface area contributed by atoms with Crippen molar-refractivity contribution in [2.24, 2.45) is 0 Å². The number of aromatic nitrogens is 1. The highest BCUT2D eigenvalue weighted by Gasteiger charge is 2.19. The van der Waals surface area contributed by atoms with Crippen LogP contribution in [0.2, 0.25) is 0 Å². The molecule has 1 aromatic heterocycles. The summed E-state index contributed by atoms with van der Waals surface area (Å²) < 4.78 is 0. The molecule has 104 valence electrons. The van der Waals surface area contributed by atoms with Crippen molar-refractivity contribution >= 4 is 0 Å². The lowest BCUT2D eigenvalue weighted by Gasteiger charge is -2.26. The van der Waals surface area contributed by atoms with Gasteiger partial charge in [0.2, 0.25) is 0 Å². The Morgan fingerprint density at radius 1 is 1.25 bits per heavy atom. The topological polar surface area (TPSA) is 45.1 Å². The molecule has 0 spiro atoms. The molecule has 1 aromatic carbocycles. The Balaban J connectivity index is 1.62. The van der Waals surface area contributed by atoms with E-state index in [0.717, 1.165) is 25.1 Å². The highest BCUT2D eigenvalue weighted by atomic mass is 16.3. The molecule has 1 atom stereocenters. The zero-order valence-electron chi connectivity index (χ0n) is 11.5. The lowest BCUT2D eigenvalue weighted by Crippen LogP contribution is -2.27. The molecule has 1 unspecified atom stereocenters. The summed E-state index contributed by atoms with van der Waals surface area (Å²) in [5.74, 6) is 0.373. The molecule has 3 heteroatoms. The van der Waals surface area contributed by atoms with Gasteiger partial charge < -0.3 is 10.4 Å². The Bertz CT molecular complexity index is 568. The molecule has 20 heavy (non-hydrogen) atoms. The molecule has 3 nitrogen and oxygen atoms in total. The van der Waals surface area contributed by atoms with E-state index in [1.807, 2.05) is 24.4 Å². The van der Waals surface area contributed by atoms with Crippen molar-refractivity contribution in [3.05, 3.63) is 59.4 Å². The van der Waals surface area contributed by atoms with Crippen molar-refractivity contribution in [1.29, 1.82) is 0 Å². The number of pyridine rings is 1. The molecular formula is C17H20N2O. The molecule has 2 aromatic rings. The summed E-state index contributed by atoms with van der Waals surface area (Å²) in [5, 5.41) is 13.2. The quantitative estimate of drug-likeness (QED) is 0.896. The summed E-state index contributed by atoms with van der Waals surface area (Å²) in [7, 11) is 0. The Hall–Kier alpha value is -1.87. The van der Waals surface area contributed by atoms with Gasteiger partial charge >= 0.3 is 0 Å². The maximum absolute atomic E-state index is 9.57. The van der Waals surface area contributed by atoms with Crippen LogP contribution in [0.3, 0.4) is 0 Å². The number of benzene rings is 1. The number of nitrogens with one attached hydrogen (secondary N) is 1. The second-order valence-electron chi connectivity index (χ2n) is 5.35. The van der Waals surface area contributed by atoms with Crippen molar-refractivity contribution in [3.8, 4) is 5.75 Å². The van der Waals surface area contributed by atoms with Gasteiger partial charge in [-0.3, -0.25) is 4.98 Å². The van der Waals surface area contributed by atoms with Crippen LogP contribution in [0.1, 0.15) is 35.7 Å². The molecule has 0 fully saturated rings. The van der Waals surface area contributed by atoms with E-state index < -0.39 is 0 Å². The summed E-state index contributed by atoms with van der Waals surface area (Å²) in [5.41, 5.74) is 3.75. The minimum atomic E-state index is 0.373.